The predicted molar refractivity (Wildman–Crippen MR) is 51.2 cm³/mol. The first-order valence-electron chi connectivity index (χ1n) is 4.71. The fourth-order valence-corrected chi connectivity index (χ4v) is 0.924. The van der Waals surface area contributed by atoms with Crippen LogP contribution in [-0.4, -0.2) is 24.9 Å². The molecule has 0 aliphatic rings. The van der Waals surface area contributed by atoms with Gasteiger partial charge < -0.3 is 9.84 Å². The minimum absolute atomic E-state index is 0.302. The third-order valence-electron chi connectivity index (χ3n) is 1.64. The molecule has 0 unspecified atom stereocenters. The van der Waals surface area contributed by atoms with Crippen LogP contribution in [0, 0.1) is 0 Å². The Balaban J connectivity index is 2.77. The molecule has 0 aromatic rings. The van der Waals surface area contributed by atoms with Gasteiger partial charge in [-0.25, -0.2) is 0 Å². The number of ether oxygens (including phenoxy) is 1. The van der Waals surface area contributed by atoms with Crippen LogP contribution < -0.4 is 0 Å². The standard InChI is InChI=1S/C10H20O2/c1-2-3-6-9-12-10-7-4-5-8-11/h2,11H,1,3-10H2. The number of aliphatic hydroxyl groups is 1. The zero-order chi connectivity index (χ0) is 9.07. The van der Waals surface area contributed by atoms with E-state index in [1.54, 1.807) is 0 Å². The molecular weight excluding hydrogens is 152 g/mol. The number of aliphatic hydroxyl groups excluding tert-OH is 1. The Morgan fingerprint density at radius 1 is 1.08 bits per heavy atom. The molecule has 0 rings (SSSR count). The van der Waals surface area contributed by atoms with Gasteiger partial charge in [-0.2, -0.15) is 0 Å². The van der Waals surface area contributed by atoms with Crippen LogP contribution in [0.15, 0.2) is 12.7 Å². The summed E-state index contributed by atoms with van der Waals surface area (Å²) in [6.45, 7) is 5.61. The Labute approximate surface area is 75.2 Å². The maximum atomic E-state index is 8.49. The third-order valence-corrected chi connectivity index (χ3v) is 1.64. The monoisotopic (exact) mass is 172 g/mol. The summed E-state index contributed by atoms with van der Waals surface area (Å²) in [6.07, 6.45) is 7.05. The van der Waals surface area contributed by atoms with E-state index in [1.807, 2.05) is 6.08 Å². The molecule has 0 radical (unpaired) electrons. The molecular formula is C10H20O2. The lowest BCUT2D eigenvalue weighted by molar-refractivity contribution is 0.127. The summed E-state index contributed by atoms with van der Waals surface area (Å²) >= 11 is 0. The number of hydrogen-bond acceptors (Lipinski definition) is 2. The van der Waals surface area contributed by atoms with E-state index in [1.165, 1.54) is 0 Å². The van der Waals surface area contributed by atoms with E-state index >= 15 is 0 Å². The second kappa shape index (κ2) is 10.7. The van der Waals surface area contributed by atoms with Gasteiger partial charge in [-0.1, -0.05) is 6.08 Å². The average Bonchev–Trinajstić information content (AvgIpc) is 2.10. The summed E-state index contributed by atoms with van der Waals surface area (Å²) in [5.41, 5.74) is 0. The van der Waals surface area contributed by atoms with Crippen molar-refractivity contribution in [3.8, 4) is 0 Å². The highest BCUT2D eigenvalue weighted by Crippen LogP contribution is 1.96. The van der Waals surface area contributed by atoms with Crippen molar-refractivity contribution < 1.29 is 9.84 Å². The Morgan fingerprint density at radius 3 is 2.50 bits per heavy atom. The van der Waals surface area contributed by atoms with Crippen LogP contribution in [0.3, 0.4) is 0 Å². The largest absolute Gasteiger partial charge is 0.396 e. The van der Waals surface area contributed by atoms with E-state index in [0.29, 0.717) is 6.61 Å². The maximum absolute atomic E-state index is 8.49. The van der Waals surface area contributed by atoms with Crippen molar-refractivity contribution in [2.24, 2.45) is 0 Å². The molecule has 1 N–H and O–H groups in total. The van der Waals surface area contributed by atoms with Gasteiger partial charge in [-0.15, -0.1) is 6.58 Å². The van der Waals surface area contributed by atoms with Gasteiger partial charge in [-0.3, -0.25) is 0 Å². The fourth-order valence-electron chi connectivity index (χ4n) is 0.924. The van der Waals surface area contributed by atoms with Crippen molar-refractivity contribution in [2.45, 2.75) is 32.1 Å². The van der Waals surface area contributed by atoms with Crippen LogP contribution in [0.1, 0.15) is 32.1 Å². The summed E-state index contributed by atoms with van der Waals surface area (Å²) < 4.78 is 5.35. The minimum atomic E-state index is 0.302. The Kier molecular flexibility index (Phi) is 10.4. The predicted octanol–water partition coefficient (Wildman–Crippen LogP) is 2.13. The van der Waals surface area contributed by atoms with Gasteiger partial charge in [0.05, 0.1) is 0 Å². The number of allylic oxidation sites excluding steroid dienone is 1. The highest BCUT2D eigenvalue weighted by molar-refractivity contribution is 4.64. The van der Waals surface area contributed by atoms with E-state index in [-0.39, 0.29) is 0 Å². The zero-order valence-electron chi connectivity index (χ0n) is 7.80. The van der Waals surface area contributed by atoms with Crippen LogP contribution in [0.25, 0.3) is 0 Å². The van der Waals surface area contributed by atoms with Gasteiger partial charge in [0.1, 0.15) is 0 Å². The van der Waals surface area contributed by atoms with Crippen LogP contribution in [0.4, 0.5) is 0 Å². The van der Waals surface area contributed by atoms with Crippen molar-refractivity contribution in [2.75, 3.05) is 19.8 Å². The third kappa shape index (κ3) is 9.66. The van der Waals surface area contributed by atoms with E-state index in [2.05, 4.69) is 6.58 Å². The lowest BCUT2D eigenvalue weighted by Gasteiger charge is -2.01. The van der Waals surface area contributed by atoms with E-state index in [9.17, 15) is 0 Å². The number of unbranched alkanes of at least 4 members (excludes halogenated alkanes) is 3. The van der Waals surface area contributed by atoms with Crippen LogP contribution in [-0.2, 0) is 4.74 Å². The average molecular weight is 172 g/mol. The van der Waals surface area contributed by atoms with Crippen molar-refractivity contribution in [3.63, 3.8) is 0 Å². The topological polar surface area (TPSA) is 29.5 Å². The van der Waals surface area contributed by atoms with Gasteiger partial charge in [0, 0.05) is 19.8 Å². The van der Waals surface area contributed by atoms with E-state index < -0.39 is 0 Å². The summed E-state index contributed by atoms with van der Waals surface area (Å²) in [4.78, 5) is 0. The van der Waals surface area contributed by atoms with Gasteiger partial charge in [0.2, 0.25) is 0 Å². The summed E-state index contributed by atoms with van der Waals surface area (Å²) in [5.74, 6) is 0. The SMILES string of the molecule is C=CCCCOCCCCCO. The molecule has 0 bridgehead atoms. The Morgan fingerprint density at radius 2 is 1.83 bits per heavy atom. The second-order valence-electron chi connectivity index (χ2n) is 2.83. The highest BCUT2D eigenvalue weighted by Gasteiger charge is 1.89. The normalized spacial score (nSPS) is 10.1. The lowest BCUT2D eigenvalue weighted by atomic mass is 10.2. The molecule has 0 spiro atoms. The Hall–Kier alpha value is -0.340. The van der Waals surface area contributed by atoms with Gasteiger partial charge in [0.15, 0.2) is 0 Å². The van der Waals surface area contributed by atoms with Crippen molar-refractivity contribution in [1.29, 1.82) is 0 Å². The van der Waals surface area contributed by atoms with Crippen molar-refractivity contribution >= 4 is 0 Å². The van der Waals surface area contributed by atoms with Gasteiger partial charge >= 0.3 is 0 Å². The molecule has 0 saturated heterocycles. The molecule has 0 aliphatic heterocycles. The second-order valence-corrected chi connectivity index (χ2v) is 2.83. The first-order valence-corrected chi connectivity index (χ1v) is 4.71. The number of rotatable bonds is 9. The molecule has 12 heavy (non-hydrogen) atoms. The molecule has 72 valence electrons. The quantitative estimate of drug-likeness (QED) is 0.426. The smallest absolute Gasteiger partial charge is 0.0468 e. The molecule has 0 heterocycles. The van der Waals surface area contributed by atoms with E-state index in [4.69, 9.17) is 9.84 Å². The van der Waals surface area contributed by atoms with Crippen LogP contribution >= 0.6 is 0 Å². The molecule has 0 saturated carbocycles. The molecule has 0 aromatic heterocycles. The number of hydrogen-bond donors (Lipinski definition) is 1. The highest BCUT2D eigenvalue weighted by atomic mass is 16.5. The van der Waals surface area contributed by atoms with Crippen molar-refractivity contribution in [1.82, 2.24) is 0 Å². The fraction of sp³-hybridized carbons (Fsp3) is 0.800. The van der Waals surface area contributed by atoms with Crippen LogP contribution in [0.5, 0.6) is 0 Å². The summed E-state index contributed by atoms with van der Waals surface area (Å²) in [6, 6.07) is 0. The lowest BCUT2D eigenvalue weighted by Crippen LogP contribution is -1.97. The molecule has 0 aliphatic carbocycles. The van der Waals surface area contributed by atoms with E-state index in [0.717, 1.165) is 45.3 Å². The maximum Gasteiger partial charge on any atom is 0.0468 e. The molecule has 2 nitrogen and oxygen atoms in total. The van der Waals surface area contributed by atoms with Gasteiger partial charge in [-0.05, 0) is 32.1 Å². The molecule has 2 heteroatoms. The summed E-state index contributed by atoms with van der Waals surface area (Å²) in [5, 5.41) is 8.49. The molecule has 0 atom stereocenters. The molecule has 0 aromatic carbocycles. The Bertz CT molecular complexity index is 91.8. The van der Waals surface area contributed by atoms with Crippen LogP contribution in [0.2, 0.25) is 0 Å². The summed E-state index contributed by atoms with van der Waals surface area (Å²) in [7, 11) is 0. The minimum Gasteiger partial charge on any atom is -0.396 e. The molecule has 0 amide bonds. The van der Waals surface area contributed by atoms with Gasteiger partial charge in [0.25, 0.3) is 0 Å². The van der Waals surface area contributed by atoms with Crippen molar-refractivity contribution in [3.05, 3.63) is 12.7 Å². The zero-order valence-corrected chi connectivity index (χ0v) is 7.80. The first kappa shape index (κ1) is 11.7. The first-order chi connectivity index (χ1) is 5.91. The molecule has 0 fully saturated rings.